The third-order valence-corrected chi connectivity index (χ3v) is 5.62. The normalized spacial score (nSPS) is 16.3. The summed E-state index contributed by atoms with van der Waals surface area (Å²) in [6.45, 7) is 9.33. The third kappa shape index (κ3) is 7.28. The van der Waals surface area contributed by atoms with Crippen molar-refractivity contribution in [2.75, 3.05) is 0 Å². The van der Waals surface area contributed by atoms with E-state index >= 15 is 0 Å². The second-order valence-corrected chi connectivity index (χ2v) is 9.60. The second-order valence-electron chi connectivity index (χ2n) is 9.60. The van der Waals surface area contributed by atoms with Gasteiger partial charge in [-0.3, -0.25) is 0 Å². The van der Waals surface area contributed by atoms with Crippen LogP contribution in [0.4, 0.5) is 0 Å². The van der Waals surface area contributed by atoms with Crippen molar-refractivity contribution in [3.8, 4) is 5.75 Å². The van der Waals surface area contributed by atoms with E-state index in [1.807, 2.05) is 6.07 Å². The number of phenols is 1. The van der Waals surface area contributed by atoms with Crippen LogP contribution in [0, 0.1) is 10.8 Å². The summed E-state index contributed by atoms with van der Waals surface area (Å²) in [7, 11) is 0. The molecule has 0 radical (unpaired) electrons. The van der Waals surface area contributed by atoms with E-state index in [1.165, 1.54) is 63.4 Å². The van der Waals surface area contributed by atoms with Crippen molar-refractivity contribution in [2.24, 2.45) is 10.8 Å². The predicted molar refractivity (Wildman–Crippen MR) is 105 cm³/mol. The molecule has 0 heterocycles. The molecule has 0 atom stereocenters. The minimum absolute atomic E-state index is 0.418. The Kier molecular flexibility index (Phi) is 6.78. The molecule has 1 nitrogen and oxygen atoms in total. The first-order valence-electron chi connectivity index (χ1n) is 10.1. The van der Waals surface area contributed by atoms with Gasteiger partial charge in [0.15, 0.2) is 0 Å². The van der Waals surface area contributed by atoms with E-state index in [-0.39, 0.29) is 0 Å². The number of aromatic hydroxyl groups is 1. The second kappa shape index (κ2) is 8.41. The molecule has 24 heavy (non-hydrogen) atoms. The van der Waals surface area contributed by atoms with E-state index in [4.69, 9.17) is 0 Å². The van der Waals surface area contributed by atoms with Gasteiger partial charge in [0.05, 0.1) is 0 Å². The molecule has 1 N–H and O–H groups in total. The maximum Gasteiger partial charge on any atom is 0.118 e. The summed E-state index contributed by atoms with van der Waals surface area (Å²) in [5.41, 5.74) is 3.67. The van der Waals surface area contributed by atoms with Gasteiger partial charge in [0, 0.05) is 0 Å². The van der Waals surface area contributed by atoms with Crippen molar-refractivity contribution < 1.29 is 5.11 Å². The maximum atomic E-state index is 10.1. The average molecular weight is 331 g/mol. The van der Waals surface area contributed by atoms with Gasteiger partial charge in [-0.15, -0.1) is 0 Å². The van der Waals surface area contributed by atoms with Crippen LogP contribution in [0.5, 0.6) is 5.75 Å². The number of rotatable bonds is 10. The van der Waals surface area contributed by atoms with Gasteiger partial charge >= 0.3 is 0 Å². The smallest absolute Gasteiger partial charge is 0.118 e. The van der Waals surface area contributed by atoms with E-state index in [9.17, 15) is 5.11 Å². The Morgan fingerprint density at radius 3 is 2.33 bits per heavy atom. The molecule has 1 aromatic rings. The van der Waals surface area contributed by atoms with E-state index in [2.05, 4.69) is 39.8 Å². The minimum Gasteiger partial charge on any atom is -0.508 e. The molecule has 2 rings (SSSR count). The molecule has 0 spiro atoms. The summed E-state index contributed by atoms with van der Waals surface area (Å²) in [4.78, 5) is 0. The van der Waals surface area contributed by atoms with Gasteiger partial charge in [0.1, 0.15) is 5.75 Å². The molecule has 0 aromatic heterocycles. The summed E-state index contributed by atoms with van der Waals surface area (Å²) in [5.74, 6) is 0.483. The van der Waals surface area contributed by atoms with Gasteiger partial charge in [0.2, 0.25) is 0 Å². The molecule has 0 bridgehead atoms. The summed E-state index contributed by atoms with van der Waals surface area (Å²) in [6.07, 6.45) is 14.2. The van der Waals surface area contributed by atoms with Crippen LogP contribution in [-0.4, -0.2) is 5.11 Å². The van der Waals surface area contributed by atoms with Crippen molar-refractivity contribution in [1.82, 2.24) is 0 Å². The number of hydrogen-bond acceptors (Lipinski definition) is 1. The highest BCUT2D eigenvalue weighted by atomic mass is 16.3. The Balaban J connectivity index is 1.69. The van der Waals surface area contributed by atoms with Gasteiger partial charge in [-0.05, 0) is 79.4 Å². The van der Waals surface area contributed by atoms with Gasteiger partial charge in [-0.2, -0.15) is 0 Å². The monoisotopic (exact) mass is 330 g/mol. The molecule has 1 aliphatic rings. The Hall–Kier alpha value is -0.980. The topological polar surface area (TPSA) is 20.2 Å². The van der Waals surface area contributed by atoms with E-state index in [1.54, 1.807) is 0 Å². The summed E-state index contributed by atoms with van der Waals surface area (Å²) >= 11 is 0. The van der Waals surface area contributed by atoms with Gasteiger partial charge in [0.25, 0.3) is 0 Å². The lowest BCUT2D eigenvalue weighted by atomic mass is 9.89. The lowest BCUT2D eigenvalue weighted by Gasteiger charge is -2.17. The van der Waals surface area contributed by atoms with E-state index in [0.29, 0.717) is 16.6 Å². The standard InChI is InChI=1S/C23H38O/c1-22(2,3)14-9-7-11-20-18-19(12-13-21(20)24)10-6-5-8-15-23(4)16-17-23/h12-13,18,24H,5-11,14-17H2,1-4H3. The Labute approximate surface area is 149 Å². The highest BCUT2D eigenvalue weighted by Crippen LogP contribution is 2.49. The number of phenolic OH excluding ortho intramolecular Hbond substituents is 1. The molecule has 1 saturated carbocycles. The van der Waals surface area contributed by atoms with Crippen molar-refractivity contribution in [3.05, 3.63) is 29.3 Å². The number of aryl methyl sites for hydroxylation is 2. The minimum atomic E-state index is 0.418. The highest BCUT2D eigenvalue weighted by Gasteiger charge is 2.35. The summed E-state index contributed by atoms with van der Waals surface area (Å²) in [6, 6.07) is 6.25. The van der Waals surface area contributed by atoms with Crippen LogP contribution in [0.3, 0.4) is 0 Å². The van der Waals surface area contributed by atoms with Crippen LogP contribution >= 0.6 is 0 Å². The van der Waals surface area contributed by atoms with Gasteiger partial charge in [-0.25, -0.2) is 0 Å². The lowest BCUT2D eigenvalue weighted by molar-refractivity contribution is 0.360. The number of unbranched alkanes of at least 4 members (excludes halogenated alkanes) is 3. The molecule has 1 heteroatoms. The fourth-order valence-electron chi connectivity index (χ4n) is 3.49. The van der Waals surface area contributed by atoms with Gasteiger partial charge < -0.3 is 5.11 Å². The van der Waals surface area contributed by atoms with Crippen LogP contribution in [0.15, 0.2) is 18.2 Å². The molecule has 1 fully saturated rings. The fraction of sp³-hybridized carbons (Fsp3) is 0.739. The molecule has 0 amide bonds. The molecule has 0 aliphatic heterocycles. The largest absolute Gasteiger partial charge is 0.508 e. The highest BCUT2D eigenvalue weighted by molar-refractivity contribution is 5.36. The van der Waals surface area contributed by atoms with Crippen LogP contribution < -0.4 is 0 Å². The van der Waals surface area contributed by atoms with Gasteiger partial charge in [-0.1, -0.05) is 59.1 Å². The molecule has 1 aromatic carbocycles. The molecule has 0 unspecified atom stereocenters. The van der Waals surface area contributed by atoms with Crippen LogP contribution in [-0.2, 0) is 12.8 Å². The quantitative estimate of drug-likeness (QED) is 0.455. The molecule has 0 saturated heterocycles. The SMILES string of the molecule is CC(C)(C)CCCCc1cc(CCCCCC2(C)CC2)ccc1O. The number of benzene rings is 1. The Morgan fingerprint density at radius 2 is 1.67 bits per heavy atom. The Bertz CT molecular complexity index is 505. The first kappa shape index (κ1) is 19.3. The Morgan fingerprint density at radius 1 is 0.958 bits per heavy atom. The zero-order valence-electron chi connectivity index (χ0n) is 16.5. The third-order valence-electron chi connectivity index (χ3n) is 5.62. The fourth-order valence-corrected chi connectivity index (χ4v) is 3.49. The molecule has 136 valence electrons. The molecular weight excluding hydrogens is 292 g/mol. The number of hydrogen-bond donors (Lipinski definition) is 1. The summed E-state index contributed by atoms with van der Waals surface area (Å²) < 4.78 is 0. The van der Waals surface area contributed by atoms with Crippen molar-refractivity contribution >= 4 is 0 Å². The molecular formula is C23H38O. The first-order chi connectivity index (χ1) is 11.3. The van der Waals surface area contributed by atoms with Crippen molar-refractivity contribution in [2.45, 2.75) is 98.3 Å². The first-order valence-corrected chi connectivity index (χ1v) is 10.1. The zero-order valence-corrected chi connectivity index (χ0v) is 16.5. The average Bonchev–Trinajstić information content (AvgIpc) is 3.23. The van der Waals surface area contributed by atoms with Crippen LogP contribution in [0.1, 0.15) is 96.6 Å². The van der Waals surface area contributed by atoms with Crippen LogP contribution in [0.2, 0.25) is 0 Å². The summed E-state index contributed by atoms with van der Waals surface area (Å²) in [5, 5.41) is 10.1. The van der Waals surface area contributed by atoms with E-state index in [0.717, 1.165) is 18.4 Å². The van der Waals surface area contributed by atoms with Crippen molar-refractivity contribution in [3.63, 3.8) is 0 Å². The van der Waals surface area contributed by atoms with Crippen molar-refractivity contribution in [1.29, 1.82) is 0 Å². The van der Waals surface area contributed by atoms with E-state index < -0.39 is 0 Å². The lowest BCUT2D eigenvalue weighted by Crippen LogP contribution is -2.04. The zero-order chi connectivity index (χ0) is 17.6. The molecule has 1 aliphatic carbocycles. The predicted octanol–water partition coefficient (Wildman–Crippen LogP) is 7.05. The maximum absolute atomic E-state index is 10.1. The van der Waals surface area contributed by atoms with Crippen LogP contribution in [0.25, 0.3) is 0 Å².